The van der Waals surface area contributed by atoms with Crippen LogP contribution in [0.3, 0.4) is 0 Å². The minimum absolute atomic E-state index is 0.250. The number of rotatable bonds is 8. The largest absolute Gasteiger partial charge is 0.376 e. The van der Waals surface area contributed by atoms with Crippen molar-refractivity contribution < 1.29 is 33.3 Å². The highest BCUT2D eigenvalue weighted by atomic mass is 16.6. The number of carbonyl (C=O) groups excluding carboxylic acids is 2. The monoisotopic (exact) mass is 356 g/mol. The van der Waals surface area contributed by atoms with Gasteiger partial charge in [-0.3, -0.25) is 9.59 Å². The standard InChI is InChI=1S/C16H24N2O7/c17-15(19)3-1-11-13(24-7-5-22-11)9-21-10-14-12(2-4-16(18)20)23-6-8-25-14/h1-4,11-14H,5-10H2,(H2,17,19)(H2,18,20). The Balaban J connectivity index is 1.82. The van der Waals surface area contributed by atoms with Gasteiger partial charge in [-0.25, -0.2) is 0 Å². The van der Waals surface area contributed by atoms with Gasteiger partial charge in [-0.1, -0.05) is 0 Å². The lowest BCUT2D eigenvalue weighted by Crippen LogP contribution is -2.43. The normalized spacial score (nSPS) is 30.7. The van der Waals surface area contributed by atoms with Crippen LogP contribution in [0.25, 0.3) is 0 Å². The first-order chi connectivity index (χ1) is 12.1. The van der Waals surface area contributed by atoms with Gasteiger partial charge in [0.25, 0.3) is 0 Å². The second-order valence-corrected chi connectivity index (χ2v) is 5.55. The fourth-order valence-corrected chi connectivity index (χ4v) is 2.50. The highest BCUT2D eigenvalue weighted by Gasteiger charge is 2.28. The molecule has 2 rings (SSSR count). The fraction of sp³-hybridized carbons (Fsp3) is 0.625. The second-order valence-electron chi connectivity index (χ2n) is 5.55. The molecule has 2 saturated heterocycles. The van der Waals surface area contributed by atoms with Crippen molar-refractivity contribution in [2.24, 2.45) is 11.5 Å². The van der Waals surface area contributed by atoms with Crippen LogP contribution in [0.5, 0.6) is 0 Å². The second kappa shape index (κ2) is 10.3. The Morgan fingerprint density at radius 3 is 1.60 bits per heavy atom. The summed E-state index contributed by atoms with van der Waals surface area (Å²) in [5.74, 6) is -1.10. The Kier molecular flexibility index (Phi) is 8.02. The summed E-state index contributed by atoms with van der Waals surface area (Å²) in [7, 11) is 0. The van der Waals surface area contributed by atoms with Gasteiger partial charge in [0, 0.05) is 12.2 Å². The molecule has 0 aliphatic carbocycles. The molecule has 4 unspecified atom stereocenters. The van der Waals surface area contributed by atoms with E-state index in [9.17, 15) is 9.59 Å². The molecule has 4 atom stereocenters. The van der Waals surface area contributed by atoms with Crippen LogP contribution < -0.4 is 11.5 Å². The van der Waals surface area contributed by atoms with Crippen molar-refractivity contribution in [2.75, 3.05) is 39.6 Å². The van der Waals surface area contributed by atoms with E-state index in [1.54, 1.807) is 12.2 Å². The minimum Gasteiger partial charge on any atom is -0.376 e. The molecule has 2 amide bonds. The Hall–Kier alpha value is -1.78. The van der Waals surface area contributed by atoms with E-state index in [-0.39, 0.29) is 25.4 Å². The maximum absolute atomic E-state index is 10.9. The van der Waals surface area contributed by atoms with Gasteiger partial charge in [0.05, 0.1) is 39.6 Å². The third-order valence-electron chi connectivity index (χ3n) is 3.65. The SMILES string of the molecule is NC(=O)C=CC1OCCOC1COCC1OCCOC1C=CC(N)=O. The number of amides is 2. The molecule has 2 heterocycles. The van der Waals surface area contributed by atoms with E-state index in [0.717, 1.165) is 0 Å². The zero-order chi connectivity index (χ0) is 18.1. The molecule has 25 heavy (non-hydrogen) atoms. The van der Waals surface area contributed by atoms with E-state index in [1.165, 1.54) is 12.2 Å². The van der Waals surface area contributed by atoms with Crippen molar-refractivity contribution in [3.05, 3.63) is 24.3 Å². The number of ether oxygens (including phenoxy) is 5. The first-order valence-electron chi connectivity index (χ1n) is 8.05. The van der Waals surface area contributed by atoms with E-state index in [0.29, 0.717) is 26.4 Å². The fourth-order valence-electron chi connectivity index (χ4n) is 2.50. The number of hydrogen-bond donors (Lipinski definition) is 2. The lowest BCUT2D eigenvalue weighted by Gasteiger charge is -2.32. The van der Waals surface area contributed by atoms with Gasteiger partial charge in [0.1, 0.15) is 24.4 Å². The van der Waals surface area contributed by atoms with Crippen LogP contribution in [-0.4, -0.2) is 75.9 Å². The van der Waals surface area contributed by atoms with E-state index >= 15 is 0 Å². The van der Waals surface area contributed by atoms with Gasteiger partial charge in [0.15, 0.2) is 0 Å². The van der Waals surface area contributed by atoms with Gasteiger partial charge < -0.3 is 35.2 Å². The minimum atomic E-state index is -0.550. The summed E-state index contributed by atoms with van der Waals surface area (Å²) >= 11 is 0. The summed E-state index contributed by atoms with van der Waals surface area (Å²) in [5, 5.41) is 0. The summed E-state index contributed by atoms with van der Waals surface area (Å²) in [4.78, 5) is 21.7. The van der Waals surface area contributed by atoms with Crippen LogP contribution >= 0.6 is 0 Å². The topological polar surface area (TPSA) is 132 Å². The van der Waals surface area contributed by atoms with Crippen LogP contribution in [0.2, 0.25) is 0 Å². The lowest BCUT2D eigenvalue weighted by molar-refractivity contribution is -0.169. The molecule has 0 radical (unpaired) electrons. The summed E-state index contributed by atoms with van der Waals surface area (Å²) in [6.07, 6.45) is 4.10. The third kappa shape index (κ3) is 6.92. The van der Waals surface area contributed by atoms with Gasteiger partial charge in [-0.2, -0.15) is 0 Å². The lowest BCUT2D eigenvalue weighted by atomic mass is 10.1. The predicted octanol–water partition coefficient (Wildman–Crippen LogP) is -1.35. The molecule has 2 aliphatic heterocycles. The van der Waals surface area contributed by atoms with Gasteiger partial charge in [-0.15, -0.1) is 0 Å². The van der Waals surface area contributed by atoms with Crippen molar-refractivity contribution in [1.82, 2.24) is 0 Å². The van der Waals surface area contributed by atoms with Crippen molar-refractivity contribution >= 4 is 11.8 Å². The van der Waals surface area contributed by atoms with E-state index in [2.05, 4.69) is 0 Å². The predicted molar refractivity (Wildman–Crippen MR) is 86.4 cm³/mol. The summed E-state index contributed by atoms with van der Waals surface area (Å²) in [6, 6.07) is 0. The molecule has 9 heteroatoms. The van der Waals surface area contributed by atoms with Gasteiger partial charge in [0.2, 0.25) is 11.8 Å². The van der Waals surface area contributed by atoms with Gasteiger partial charge in [-0.05, 0) is 12.2 Å². The number of hydrogen-bond acceptors (Lipinski definition) is 7. The molecule has 2 aliphatic rings. The molecular weight excluding hydrogens is 332 g/mol. The molecular formula is C16H24N2O7. The summed E-state index contributed by atoms with van der Waals surface area (Å²) in [6.45, 7) is 2.26. The van der Waals surface area contributed by atoms with Crippen LogP contribution in [0, 0.1) is 0 Å². The molecule has 0 aromatic heterocycles. The maximum Gasteiger partial charge on any atom is 0.241 e. The molecule has 9 nitrogen and oxygen atoms in total. The van der Waals surface area contributed by atoms with Crippen molar-refractivity contribution in [2.45, 2.75) is 24.4 Å². The molecule has 0 aromatic carbocycles. The quantitative estimate of drug-likeness (QED) is 0.514. The number of carbonyl (C=O) groups is 2. The molecule has 2 fully saturated rings. The van der Waals surface area contributed by atoms with Gasteiger partial charge >= 0.3 is 0 Å². The molecule has 0 saturated carbocycles. The van der Waals surface area contributed by atoms with Crippen LogP contribution in [0.15, 0.2) is 24.3 Å². The molecule has 4 N–H and O–H groups in total. The average Bonchev–Trinajstić information content (AvgIpc) is 2.60. The number of nitrogens with two attached hydrogens (primary N) is 2. The average molecular weight is 356 g/mol. The highest BCUT2D eigenvalue weighted by molar-refractivity contribution is 5.86. The Bertz CT molecular complexity index is 465. The first kappa shape index (κ1) is 19.5. The van der Waals surface area contributed by atoms with Crippen molar-refractivity contribution in [3.8, 4) is 0 Å². The molecule has 140 valence electrons. The van der Waals surface area contributed by atoms with E-state index in [1.807, 2.05) is 0 Å². The highest BCUT2D eigenvalue weighted by Crippen LogP contribution is 2.15. The molecule has 0 spiro atoms. The van der Waals surface area contributed by atoms with E-state index < -0.39 is 24.0 Å². The smallest absolute Gasteiger partial charge is 0.241 e. The molecule has 0 aromatic rings. The zero-order valence-corrected chi connectivity index (χ0v) is 13.9. The van der Waals surface area contributed by atoms with Crippen molar-refractivity contribution in [3.63, 3.8) is 0 Å². The van der Waals surface area contributed by atoms with Crippen LogP contribution in [-0.2, 0) is 33.3 Å². The van der Waals surface area contributed by atoms with Crippen LogP contribution in [0.4, 0.5) is 0 Å². The Morgan fingerprint density at radius 2 is 1.20 bits per heavy atom. The summed E-state index contributed by atoms with van der Waals surface area (Å²) in [5.41, 5.74) is 10.2. The zero-order valence-electron chi connectivity index (χ0n) is 13.9. The van der Waals surface area contributed by atoms with E-state index in [4.69, 9.17) is 35.2 Å². The maximum atomic E-state index is 10.9. The summed E-state index contributed by atoms with van der Waals surface area (Å²) < 4.78 is 28.0. The number of primary amides is 2. The third-order valence-corrected chi connectivity index (χ3v) is 3.65. The van der Waals surface area contributed by atoms with Crippen molar-refractivity contribution in [1.29, 1.82) is 0 Å². The first-order valence-corrected chi connectivity index (χ1v) is 8.05. The molecule has 0 bridgehead atoms. The Morgan fingerprint density at radius 1 is 0.800 bits per heavy atom. The Labute approximate surface area is 145 Å². The van der Waals surface area contributed by atoms with Crippen LogP contribution in [0.1, 0.15) is 0 Å².